The molecule has 7 heteroatoms. The minimum atomic E-state index is -2.72. The van der Waals surface area contributed by atoms with Crippen LogP contribution in [0.2, 0.25) is 12.1 Å². The molecule has 0 saturated heterocycles. The van der Waals surface area contributed by atoms with E-state index in [1.807, 2.05) is 52.8 Å². The molecule has 0 bridgehead atoms. The first-order chi connectivity index (χ1) is 12.1. The van der Waals surface area contributed by atoms with Crippen LogP contribution in [0.3, 0.4) is 0 Å². The third kappa shape index (κ3) is 6.60. The van der Waals surface area contributed by atoms with Crippen LogP contribution in [0.5, 0.6) is 0 Å². The summed E-state index contributed by atoms with van der Waals surface area (Å²) in [6, 6.07) is 11.7. The lowest BCUT2D eigenvalue weighted by molar-refractivity contribution is 0.0713. The van der Waals surface area contributed by atoms with E-state index in [4.69, 9.17) is 22.1 Å². The fourth-order valence-corrected chi connectivity index (χ4v) is 10.1. The molecule has 0 aliphatic heterocycles. The third-order valence-electron chi connectivity index (χ3n) is 3.82. The lowest BCUT2D eigenvalue weighted by atomic mass is 10.4. The van der Waals surface area contributed by atoms with Gasteiger partial charge in [-0.05, 0) is 45.8 Å². The van der Waals surface area contributed by atoms with Crippen LogP contribution in [0, 0.1) is 0 Å². The van der Waals surface area contributed by atoms with Crippen LogP contribution in [0.25, 0.3) is 0 Å². The molecule has 0 heterocycles. The molecular formula is C18H34O5Si2. The fraction of sp³-hybridized carbons (Fsp3) is 0.667. The van der Waals surface area contributed by atoms with Gasteiger partial charge in [0.25, 0.3) is 0 Å². The van der Waals surface area contributed by atoms with E-state index in [0.717, 1.165) is 11.2 Å². The largest absolute Gasteiger partial charge is 0.500 e. The van der Waals surface area contributed by atoms with Crippen molar-refractivity contribution in [3.8, 4) is 0 Å². The number of hydrogen-bond donors (Lipinski definition) is 0. The van der Waals surface area contributed by atoms with Crippen molar-refractivity contribution in [2.24, 2.45) is 0 Å². The Morgan fingerprint density at radius 1 is 0.600 bits per heavy atom. The van der Waals surface area contributed by atoms with Crippen molar-refractivity contribution in [1.82, 2.24) is 0 Å². The van der Waals surface area contributed by atoms with E-state index in [0.29, 0.717) is 39.1 Å². The molecule has 0 aliphatic carbocycles. The SMILES string of the molecule is CCO[Si](CC[Si](OCC)(OCC)c1ccccc1)(OCC)OCC. The molecule has 1 aromatic rings. The summed E-state index contributed by atoms with van der Waals surface area (Å²) < 4.78 is 30.5. The Labute approximate surface area is 155 Å². The van der Waals surface area contributed by atoms with Crippen LogP contribution >= 0.6 is 0 Å². The van der Waals surface area contributed by atoms with Crippen molar-refractivity contribution >= 4 is 22.6 Å². The maximum atomic E-state index is 6.26. The van der Waals surface area contributed by atoms with Crippen LogP contribution in [0.4, 0.5) is 0 Å². The molecule has 0 saturated carbocycles. The molecule has 1 aromatic carbocycles. The van der Waals surface area contributed by atoms with E-state index in [1.54, 1.807) is 0 Å². The van der Waals surface area contributed by atoms with Crippen molar-refractivity contribution in [2.75, 3.05) is 33.0 Å². The smallest absolute Gasteiger partial charge is 0.391 e. The van der Waals surface area contributed by atoms with Crippen molar-refractivity contribution in [2.45, 2.75) is 46.7 Å². The summed E-state index contributed by atoms with van der Waals surface area (Å²) in [4.78, 5) is 0. The second-order valence-corrected chi connectivity index (χ2v) is 11.4. The molecule has 0 aromatic heterocycles. The second kappa shape index (κ2) is 12.0. The Bertz CT molecular complexity index is 435. The highest BCUT2D eigenvalue weighted by Gasteiger charge is 2.47. The van der Waals surface area contributed by atoms with Crippen molar-refractivity contribution in [3.63, 3.8) is 0 Å². The first-order valence-electron chi connectivity index (χ1n) is 9.37. The maximum absolute atomic E-state index is 6.26. The van der Waals surface area contributed by atoms with Gasteiger partial charge in [0.05, 0.1) is 0 Å². The molecule has 0 unspecified atom stereocenters. The van der Waals surface area contributed by atoms with Gasteiger partial charge >= 0.3 is 17.4 Å². The first kappa shape index (κ1) is 22.5. The average molecular weight is 387 g/mol. The van der Waals surface area contributed by atoms with E-state index in [-0.39, 0.29) is 0 Å². The summed E-state index contributed by atoms with van der Waals surface area (Å²) in [5, 5.41) is 1.14. The lowest BCUT2D eigenvalue weighted by Crippen LogP contribution is -2.56. The predicted molar refractivity (Wildman–Crippen MR) is 105 cm³/mol. The summed E-state index contributed by atoms with van der Waals surface area (Å²) in [5.41, 5.74) is 0. The molecule has 144 valence electrons. The molecule has 0 spiro atoms. The molecule has 5 nitrogen and oxygen atoms in total. The Balaban J connectivity index is 3.09. The topological polar surface area (TPSA) is 46.2 Å². The molecular weight excluding hydrogens is 352 g/mol. The van der Waals surface area contributed by atoms with Crippen LogP contribution < -0.4 is 5.19 Å². The van der Waals surface area contributed by atoms with E-state index in [1.165, 1.54) is 0 Å². The van der Waals surface area contributed by atoms with Gasteiger partial charge in [0, 0.05) is 39.1 Å². The van der Waals surface area contributed by atoms with Gasteiger partial charge in [-0.1, -0.05) is 30.3 Å². The zero-order chi connectivity index (χ0) is 18.6. The monoisotopic (exact) mass is 386 g/mol. The summed E-state index contributed by atoms with van der Waals surface area (Å²) >= 11 is 0. The summed E-state index contributed by atoms with van der Waals surface area (Å²) in [6.07, 6.45) is 0. The maximum Gasteiger partial charge on any atom is 0.500 e. The van der Waals surface area contributed by atoms with Gasteiger partial charge in [0.15, 0.2) is 0 Å². The minimum absolute atomic E-state index is 0.579. The minimum Gasteiger partial charge on any atom is -0.391 e. The zero-order valence-electron chi connectivity index (χ0n) is 16.4. The second-order valence-electron chi connectivity index (χ2n) is 5.47. The predicted octanol–water partition coefficient (Wildman–Crippen LogP) is 3.46. The standard InChI is InChI=1S/C18H34O5Si2/c1-6-19-24(20-7-2,18-14-12-11-13-15-18)16-17-25(21-8-3,22-9-4)23-10-5/h11-15H,6-10,16-17H2,1-5H3. The highest BCUT2D eigenvalue weighted by Crippen LogP contribution is 2.25. The zero-order valence-corrected chi connectivity index (χ0v) is 18.4. The highest BCUT2D eigenvalue weighted by atomic mass is 28.4. The van der Waals surface area contributed by atoms with E-state index < -0.39 is 17.4 Å². The van der Waals surface area contributed by atoms with Crippen LogP contribution in [-0.2, 0) is 22.1 Å². The summed E-state index contributed by atoms with van der Waals surface area (Å²) in [6.45, 7) is 12.9. The van der Waals surface area contributed by atoms with E-state index in [9.17, 15) is 0 Å². The van der Waals surface area contributed by atoms with E-state index in [2.05, 4.69) is 12.1 Å². The number of rotatable bonds is 14. The van der Waals surface area contributed by atoms with Gasteiger partial charge in [0.2, 0.25) is 0 Å². The van der Waals surface area contributed by atoms with Gasteiger partial charge in [0.1, 0.15) is 0 Å². The van der Waals surface area contributed by atoms with Gasteiger partial charge in [-0.3, -0.25) is 0 Å². The van der Waals surface area contributed by atoms with Crippen LogP contribution in [-0.4, -0.2) is 50.4 Å². The molecule has 0 N–H and O–H groups in total. The highest BCUT2D eigenvalue weighted by molar-refractivity contribution is 6.82. The van der Waals surface area contributed by atoms with Crippen LogP contribution in [0.1, 0.15) is 34.6 Å². The normalized spacial score (nSPS) is 12.5. The molecule has 25 heavy (non-hydrogen) atoms. The molecule has 0 atom stereocenters. The Morgan fingerprint density at radius 2 is 1.04 bits per heavy atom. The van der Waals surface area contributed by atoms with Gasteiger partial charge in [-0.25, -0.2) is 0 Å². The fourth-order valence-electron chi connectivity index (χ4n) is 2.97. The van der Waals surface area contributed by atoms with Gasteiger partial charge in [-0.15, -0.1) is 0 Å². The molecule has 0 fully saturated rings. The van der Waals surface area contributed by atoms with E-state index >= 15 is 0 Å². The van der Waals surface area contributed by atoms with Crippen molar-refractivity contribution < 1.29 is 22.1 Å². The molecule has 0 aliphatic rings. The van der Waals surface area contributed by atoms with Crippen molar-refractivity contribution in [3.05, 3.63) is 30.3 Å². The lowest BCUT2D eigenvalue weighted by Gasteiger charge is -2.34. The summed E-state index contributed by atoms with van der Waals surface area (Å²) in [5.74, 6) is 0. The molecule has 0 amide bonds. The Hall–Kier alpha value is -0.546. The Morgan fingerprint density at radius 3 is 1.44 bits per heavy atom. The first-order valence-corrected chi connectivity index (χ1v) is 13.3. The number of hydrogen-bond acceptors (Lipinski definition) is 5. The van der Waals surface area contributed by atoms with Crippen LogP contribution in [0.15, 0.2) is 30.3 Å². The van der Waals surface area contributed by atoms with Crippen molar-refractivity contribution in [1.29, 1.82) is 0 Å². The Kier molecular flexibility index (Phi) is 10.8. The molecule has 1 rings (SSSR count). The van der Waals surface area contributed by atoms with Gasteiger partial charge in [-0.2, -0.15) is 0 Å². The molecule has 0 radical (unpaired) electrons. The van der Waals surface area contributed by atoms with Gasteiger partial charge < -0.3 is 22.1 Å². The quantitative estimate of drug-likeness (QED) is 0.458. The summed E-state index contributed by atoms with van der Waals surface area (Å²) in [7, 11) is -5.30. The number of benzene rings is 1. The third-order valence-corrected chi connectivity index (χ3v) is 11.0. The average Bonchev–Trinajstić information content (AvgIpc) is 2.62.